The van der Waals surface area contributed by atoms with E-state index >= 15 is 0 Å². The summed E-state index contributed by atoms with van der Waals surface area (Å²) in [4.78, 5) is 11.6. The molecule has 2 aromatic heterocycles. The van der Waals surface area contributed by atoms with Gasteiger partial charge in [0.2, 0.25) is 0 Å². The van der Waals surface area contributed by atoms with Crippen molar-refractivity contribution in [2.75, 3.05) is 13.1 Å². The summed E-state index contributed by atoms with van der Waals surface area (Å²) >= 11 is 1.65. The van der Waals surface area contributed by atoms with Gasteiger partial charge >= 0.3 is 0 Å². The third-order valence-corrected chi connectivity index (χ3v) is 5.32. The summed E-state index contributed by atoms with van der Waals surface area (Å²) in [5.74, 6) is 1.72. The number of hydrogen-bond donors (Lipinski definition) is 0. The minimum absolute atomic E-state index is 0.510. The van der Waals surface area contributed by atoms with Gasteiger partial charge < -0.3 is 4.57 Å². The highest BCUT2D eigenvalue weighted by Crippen LogP contribution is 2.27. The second-order valence-electron chi connectivity index (χ2n) is 6.45. The SMILES string of the molecule is c1ccc(CN2CCCC(c3nccn3Cc3cscn3)C2)cc1. The lowest BCUT2D eigenvalue weighted by atomic mass is 9.96. The van der Waals surface area contributed by atoms with Gasteiger partial charge in [-0.15, -0.1) is 11.3 Å². The molecule has 1 aromatic carbocycles. The lowest BCUT2D eigenvalue weighted by Gasteiger charge is -2.32. The molecule has 1 aliphatic rings. The van der Waals surface area contributed by atoms with E-state index in [1.165, 1.54) is 30.8 Å². The molecule has 1 atom stereocenters. The van der Waals surface area contributed by atoms with Crippen molar-refractivity contribution in [1.82, 2.24) is 19.4 Å². The zero-order valence-corrected chi connectivity index (χ0v) is 14.5. The van der Waals surface area contributed by atoms with Crippen LogP contribution in [-0.4, -0.2) is 32.5 Å². The van der Waals surface area contributed by atoms with Crippen LogP contribution >= 0.6 is 11.3 Å². The molecule has 4 rings (SSSR count). The van der Waals surface area contributed by atoms with Crippen LogP contribution in [0.2, 0.25) is 0 Å². The molecule has 4 nitrogen and oxygen atoms in total. The Morgan fingerprint density at radius 2 is 2.04 bits per heavy atom. The predicted molar refractivity (Wildman–Crippen MR) is 97.1 cm³/mol. The van der Waals surface area contributed by atoms with Crippen molar-refractivity contribution in [3.05, 3.63) is 70.7 Å². The predicted octanol–water partition coefficient (Wildman–Crippen LogP) is 3.77. The summed E-state index contributed by atoms with van der Waals surface area (Å²) in [5, 5.41) is 2.12. The molecule has 0 bridgehead atoms. The van der Waals surface area contributed by atoms with Gasteiger partial charge in [-0.2, -0.15) is 0 Å². The van der Waals surface area contributed by atoms with Crippen LogP contribution in [0.25, 0.3) is 0 Å². The first-order chi connectivity index (χ1) is 11.9. The normalized spacial score (nSPS) is 18.8. The highest BCUT2D eigenvalue weighted by molar-refractivity contribution is 7.07. The van der Waals surface area contributed by atoms with Crippen molar-refractivity contribution in [3.63, 3.8) is 0 Å². The Labute approximate surface area is 146 Å². The molecule has 3 heterocycles. The molecule has 1 saturated heterocycles. The Kier molecular flexibility index (Phi) is 4.71. The highest BCUT2D eigenvalue weighted by atomic mass is 32.1. The van der Waals surface area contributed by atoms with Gasteiger partial charge in [-0.25, -0.2) is 9.97 Å². The lowest BCUT2D eigenvalue weighted by molar-refractivity contribution is 0.195. The molecule has 24 heavy (non-hydrogen) atoms. The first-order valence-corrected chi connectivity index (χ1v) is 9.47. The van der Waals surface area contributed by atoms with E-state index < -0.39 is 0 Å². The molecular weight excluding hydrogens is 316 g/mol. The van der Waals surface area contributed by atoms with E-state index in [1.807, 2.05) is 11.7 Å². The van der Waals surface area contributed by atoms with E-state index in [-0.39, 0.29) is 0 Å². The van der Waals surface area contributed by atoms with Crippen LogP contribution < -0.4 is 0 Å². The van der Waals surface area contributed by atoms with E-state index in [0.717, 1.165) is 25.3 Å². The third-order valence-electron chi connectivity index (χ3n) is 4.68. The van der Waals surface area contributed by atoms with Crippen LogP contribution in [0.3, 0.4) is 0 Å². The van der Waals surface area contributed by atoms with Crippen molar-refractivity contribution in [2.45, 2.75) is 31.8 Å². The molecule has 0 radical (unpaired) electrons. The van der Waals surface area contributed by atoms with Crippen LogP contribution in [-0.2, 0) is 13.1 Å². The van der Waals surface area contributed by atoms with Gasteiger partial charge in [0, 0.05) is 36.8 Å². The zero-order chi connectivity index (χ0) is 16.2. The average molecular weight is 338 g/mol. The summed E-state index contributed by atoms with van der Waals surface area (Å²) in [5.41, 5.74) is 4.41. The summed E-state index contributed by atoms with van der Waals surface area (Å²) in [6, 6.07) is 10.8. The molecule has 0 spiro atoms. The fraction of sp³-hybridized carbons (Fsp3) is 0.368. The fourth-order valence-electron chi connectivity index (χ4n) is 3.56. The maximum Gasteiger partial charge on any atom is 0.113 e. The second kappa shape index (κ2) is 7.28. The molecule has 1 fully saturated rings. The molecule has 124 valence electrons. The van der Waals surface area contributed by atoms with Gasteiger partial charge in [0.15, 0.2) is 0 Å². The Morgan fingerprint density at radius 1 is 1.12 bits per heavy atom. The van der Waals surface area contributed by atoms with Gasteiger partial charge in [-0.1, -0.05) is 30.3 Å². The number of imidazole rings is 1. The molecule has 1 aliphatic heterocycles. The molecule has 0 amide bonds. The maximum atomic E-state index is 4.67. The molecule has 5 heteroatoms. The first kappa shape index (κ1) is 15.5. The number of rotatable bonds is 5. The van der Waals surface area contributed by atoms with E-state index in [0.29, 0.717) is 5.92 Å². The van der Waals surface area contributed by atoms with Gasteiger partial charge in [0.05, 0.1) is 17.7 Å². The quantitative estimate of drug-likeness (QED) is 0.710. The average Bonchev–Trinajstić information content (AvgIpc) is 3.28. The van der Waals surface area contributed by atoms with Gasteiger partial charge in [-0.3, -0.25) is 4.90 Å². The second-order valence-corrected chi connectivity index (χ2v) is 7.17. The van der Waals surface area contributed by atoms with Gasteiger partial charge in [-0.05, 0) is 24.9 Å². The number of nitrogens with zero attached hydrogens (tertiary/aromatic N) is 4. The summed E-state index contributed by atoms with van der Waals surface area (Å²) in [7, 11) is 0. The molecule has 0 aliphatic carbocycles. The van der Waals surface area contributed by atoms with Crippen molar-refractivity contribution in [2.24, 2.45) is 0 Å². The van der Waals surface area contributed by atoms with Crippen molar-refractivity contribution in [3.8, 4) is 0 Å². The van der Waals surface area contributed by atoms with Crippen LogP contribution in [0.15, 0.2) is 53.6 Å². The monoisotopic (exact) mass is 338 g/mol. The number of benzene rings is 1. The lowest BCUT2D eigenvalue weighted by Crippen LogP contribution is -2.35. The minimum atomic E-state index is 0.510. The van der Waals surface area contributed by atoms with E-state index in [2.05, 4.69) is 61.3 Å². The van der Waals surface area contributed by atoms with Gasteiger partial charge in [0.1, 0.15) is 5.82 Å². The van der Waals surface area contributed by atoms with Crippen LogP contribution in [0.5, 0.6) is 0 Å². The van der Waals surface area contributed by atoms with E-state index in [9.17, 15) is 0 Å². The number of piperidine rings is 1. The Morgan fingerprint density at radius 3 is 2.88 bits per heavy atom. The first-order valence-electron chi connectivity index (χ1n) is 8.53. The van der Waals surface area contributed by atoms with Gasteiger partial charge in [0.25, 0.3) is 0 Å². The Bertz CT molecular complexity index is 751. The molecule has 0 N–H and O–H groups in total. The molecule has 1 unspecified atom stereocenters. The number of likely N-dealkylation sites (tertiary alicyclic amines) is 1. The fourth-order valence-corrected chi connectivity index (χ4v) is 4.11. The highest BCUT2D eigenvalue weighted by Gasteiger charge is 2.24. The summed E-state index contributed by atoms with van der Waals surface area (Å²) in [6.45, 7) is 4.12. The summed E-state index contributed by atoms with van der Waals surface area (Å²) < 4.78 is 2.27. The van der Waals surface area contributed by atoms with Crippen molar-refractivity contribution < 1.29 is 0 Å². The smallest absolute Gasteiger partial charge is 0.113 e. The molecular formula is C19H22N4S. The molecule has 0 saturated carbocycles. The number of hydrogen-bond acceptors (Lipinski definition) is 4. The number of aromatic nitrogens is 3. The van der Waals surface area contributed by atoms with E-state index in [1.54, 1.807) is 11.3 Å². The minimum Gasteiger partial charge on any atom is -0.329 e. The number of thiazole rings is 1. The summed E-state index contributed by atoms with van der Waals surface area (Å²) in [6.07, 6.45) is 6.48. The zero-order valence-electron chi connectivity index (χ0n) is 13.7. The van der Waals surface area contributed by atoms with Crippen LogP contribution in [0.1, 0.15) is 35.8 Å². The molecule has 3 aromatic rings. The largest absolute Gasteiger partial charge is 0.329 e. The van der Waals surface area contributed by atoms with Crippen molar-refractivity contribution in [1.29, 1.82) is 0 Å². The van der Waals surface area contributed by atoms with Crippen LogP contribution in [0, 0.1) is 0 Å². The van der Waals surface area contributed by atoms with Crippen molar-refractivity contribution >= 4 is 11.3 Å². The van der Waals surface area contributed by atoms with Crippen LogP contribution in [0.4, 0.5) is 0 Å². The Balaban J connectivity index is 1.45. The Hall–Kier alpha value is -1.98. The third kappa shape index (κ3) is 3.57. The standard InChI is InChI=1S/C19H22N4S/c1-2-5-16(6-3-1)11-22-9-4-7-17(12-22)19-20-8-10-23(19)13-18-14-24-15-21-18/h1-3,5-6,8,10,14-15,17H,4,7,9,11-13H2. The topological polar surface area (TPSA) is 34.0 Å². The maximum absolute atomic E-state index is 4.67. The van der Waals surface area contributed by atoms with E-state index in [4.69, 9.17) is 0 Å².